The van der Waals surface area contributed by atoms with Crippen LogP contribution >= 0.6 is 0 Å². The normalized spacial score (nSPS) is 12.4. The van der Waals surface area contributed by atoms with E-state index in [-0.39, 0.29) is 6.54 Å². The van der Waals surface area contributed by atoms with Crippen LogP contribution in [0.1, 0.15) is 30.4 Å². The molecule has 0 saturated carbocycles. The maximum Gasteiger partial charge on any atom is 0.401 e. The number of hydrogen-bond donors (Lipinski definition) is 1. The van der Waals surface area contributed by atoms with Crippen LogP contribution in [0, 0.1) is 6.92 Å². The van der Waals surface area contributed by atoms with Crippen LogP contribution in [0.4, 0.5) is 13.2 Å². The number of rotatable bonds is 6. The molecule has 0 aliphatic carbocycles. The predicted octanol–water partition coefficient (Wildman–Crippen LogP) is 2.82. The smallest absolute Gasteiger partial charge is 0.401 e. The van der Waals surface area contributed by atoms with Crippen molar-refractivity contribution in [2.24, 2.45) is 5.73 Å². The molecule has 0 radical (unpaired) electrons. The molecular weight excluding hydrogens is 245 g/mol. The molecule has 0 bridgehead atoms. The number of aryl methyl sites for hydroxylation is 1. The van der Waals surface area contributed by atoms with E-state index in [4.69, 9.17) is 10.2 Å². The Morgan fingerprint density at radius 3 is 2.50 bits per heavy atom. The molecule has 1 aromatic rings. The first-order chi connectivity index (χ1) is 8.35. The molecule has 1 aromatic heterocycles. The highest BCUT2D eigenvalue weighted by molar-refractivity contribution is 5.20. The molecule has 0 spiro atoms. The van der Waals surface area contributed by atoms with Crippen molar-refractivity contribution >= 4 is 0 Å². The molecule has 0 unspecified atom stereocenters. The molecule has 1 rings (SSSR count). The number of nitrogens with two attached hydrogens (primary N) is 1. The van der Waals surface area contributed by atoms with E-state index in [1.165, 1.54) is 4.90 Å². The molecule has 0 amide bonds. The van der Waals surface area contributed by atoms with Gasteiger partial charge in [0, 0.05) is 12.1 Å². The minimum Gasteiger partial charge on any atom is -0.465 e. The van der Waals surface area contributed by atoms with Crippen LogP contribution in [0.5, 0.6) is 0 Å². The Labute approximate surface area is 105 Å². The van der Waals surface area contributed by atoms with Gasteiger partial charge >= 0.3 is 6.18 Å². The van der Waals surface area contributed by atoms with E-state index in [2.05, 4.69) is 0 Å². The molecule has 0 aromatic carbocycles. The quantitative estimate of drug-likeness (QED) is 0.859. The Balaban J connectivity index is 2.70. The lowest BCUT2D eigenvalue weighted by molar-refractivity contribution is -0.147. The average Bonchev–Trinajstić information content (AvgIpc) is 2.56. The lowest BCUT2D eigenvalue weighted by atomic mass is 10.2. The van der Waals surface area contributed by atoms with Crippen molar-refractivity contribution in [2.75, 3.05) is 13.1 Å². The first-order valence-electron chi connectivity index (χ1n) is 5.93. The van der Waals surface area contributed by atoms with Crippen LogP contribution in [0.15, 0.2) is 10.5 Å². The molecular formula is C12H19F3N2O. The number of halogens is 3. The van der Waals surface area contributed by atoms with Crippen LogP contribution in [-0.2, 0) is 13.1 Å². The topological polar surface area (TPSA) is 42.4 Å². The average molecular weight is 264 g/mol. The summed E-state index contributed by atoms with van der Waals surface area (Å²) in [5.74, 6) is 1.21. The lowest BCUT2D eigenvalue weighted by Gasteiger charge is -2.21. The Morgan fingerprint density at radius 2 is 2.06 bits per heavy atom. The second-order valence-corrected chi connectivity index (χ2v) is 4.32. The molecule has 104 valence electrons. The van der Waals surface area contributed by atoms with E-state index in [9.17, 15) is 13.2 Å². The van der Waals surface area contributed by atoms with Crippen LogP contribution in [0.2, 0.25) is 0 Å². The lowest BCUT2D eigenvalue weighted by Crippen LogP contribution is -2.34. The Hall–Kier alpha value is -1.01. The molecule has 3 nitrogen and oxygen atoms in total. The van der Waals surface area contributed by atoms with E-state index in [0.717, 1.165) is 5.56 Å². The number of furan rings is 1. The van der Waals surface area contributed by atoms with Crippen molar-refractivity contribution in [3.8, 4) is 0 Å². The van der Waals surface area contributed by atoms with Crippen molar-refractivity contribution in [3.63, 3.8) is 0 Å². The van der Waals surface area contributed by atoms with Crippen LogP contribution in [0.25, 0.3) is 0 Å². The summed E-state index contributed by atoms with van der Waals surface area (Å²) in [5.41, 5.74) is 6.34. The highest BCUT2D eigenvalue weighted by Gasteiger charge is 2.30. The standard InChI is InChI=1S/C12H19F3N2O/c1-3-4-17(8-12(13,14)15)7-11-5-10(6-16)9(2)18-11/h5H,3-4,6-8,16H2,1-2H3. The molecule has 0 aliphatic rings. The van der Waals surface area contributed by atoms with Crippen LogP contribution < -0.4 is 5.73 Å². The van der Waals surface area contributed by atoms with Gasteiger partial charge < -0.3 is 10.2 Å². The minimum atomic E-state index is -4.19. The maximum absolute atomic E-state index is 12.4. The summed E-state index contributed by atoms with van der Waals surface area (Å²) >= 11 is 0. The molecule has 0 fully saturated rings. The number of alkyl halides is 3. The van der Waals surface area contributed by atoms with Gasteiger partial charge in [-0.3, -0.25) is 4.90 Å². The third-order valence-corrected chi connectivity index (χ3v) is 2.61. The summed E-state index contributed by atoms with van der Waals surface area (Å²) in [4.78, 5) is 1.33. The Morgan fingerprint density at radius 1 is 1.39 bits per heavy atom. The van der Waals surface area contributed by atoms with Crippen molar-refractivity contribution in [3.05, 3.63) is 23.2 Å². The SMILES string of the molecule is CCCN(Cc1cc(CN)c(C)o1)CC(F)(F)F. The summed E-state index contributed by atoms with van der Waals surface area (Å²) in [7, 11) is 0. The van der Waals surface area contributed by atoms with Crippen molar-refractivity contribution < 1.29 is 17.6 Å². The monoisotopic (exact) mass is 264 g/mol. The van der Waals surface area contributed by atoms with E-state index in [1.54, 1.807) is 13.0 Å². The highest BCUT2D eigenvalue weighted by atomic mass is 19.4. The zero-order valence-corrected chi connectivity index (χ0v) is 10.7. The fourth-order valence-electron chi connectivity index (χ4n) is 1.87. The molecule has 0 atom stereocenters. The summed E-state index contributed by atoms with van der Waals surface area (Å²) in [6, 6.07) is 1.73. The van der Waals surface area contributed by atoms with Gasteiger partial charge in [0.2, 0.25) is 0 Å². The first-order valence-corrected chi connectivity index (χ1v) is 5.93. The van der Waals surface area contributed by atoms with E-state index < -0.39 is 12.7 Å². The van der Waals surface area contributed by atoms with Gasteiger partial charge in [0.25, 0.3) is 0 Å². The van der Waals surface area contributed by atoms with Crippen molar-refractivity contribution in [1.82, 2.24) is 4.90 Å². The Kier molecular flexibility index (Phi) is 5.22. The molecule has 0 saturated heterocycles. The van der Waals surface area contributed by atoms with E-state index in [1.807, 2.05) is 6.92 Å². The van der Waals surface area contributed by atoms with E-state index >= 15 is 0 Å². The summed E-state index contributed by atoms with van der Waals surface area (Å²) in [6.45, 7) is 3.58. The molecule has 1 heterocycles. The van der Waals surface area contributed by atoms with Gasteiger partial charge in [-0.15, -0.1) is 0 Å². The number of nitrogens with zero attached hydrogens (tertiary/aromatic N) is 1. The van der Waals surface area contributed by atoms with Gasteiger partial charge in [-0.1, -0.05) is 6.92 Å². The third kappa shape index (κ3) is 4.70. The van der Waals surface area contributed by atoms with Crippen LogP contribution in [-0.4, -0.2) is 24.2 Å². The Bertz CT molecular complexity index is 374. The molecule has 18 heavy (non-hydrogen) atoms. The van der Waals surface area contributed by atoms with Crippen LogP contribution in [0.3, 0.4) is 0 Å². The second-order valence-electron chi connectivity index (χ2n) is 4.32. The largest absolute Gasteiger partial charge is 0.465 e. The predicted molar refractivity (Wildman–Crippen MR) is 63.0 cm³/mol. The fourth-order valence-corrected chi connectivity index (χ4v) is 1.87. The molecule has 0 aliphatic heterocycles. The minimum absolute atomic E-state index is 0.161. The summed E-state index contributed by atoms with van der Waals surface area (Å²) < 4.78 is 42.6. The van der Waals surface area contributed by atoms with Crippen molar-refractivity contribution in [1.29, 1.82) is 0 Å². The second kappa shape index (κ2) is 6.24. The van der Waals surface area contributed by atoms with Gasteiger partial charge in [0.15, 0.2) is 0 Å². The summed E-state index contributed by atoms with van der Waals surface area (Å²) in [6.07, 6.45) is -3.52. The zero-order chi connectivity index (χ0) is 13.8. The molecule has 2 N–H and O–H groups in total. The molecule has 6 heteroatoms. The van der Waals surface area contributed by atoms with E-state index in [0.29, 0.717) is 31.0 Å². The van der Waals surface area contributed by atoms with Gasteiger partial charge in [-0.25, -0.2) is 0 Å². The maximum atomic E-state index is 12.4. The third-order valence-electron chi connectivity index (χ3n) is 2.61. The highest BCUT2D eigenvalue weighted by Crippen LogP contribution is 2.20. The van der Waals surface area contributed by atoms with Gasteiger partial charge in [0.1, 0.15) is 11.5 Å². The van der Waals surface area contributed by atoms with Crippen molar-refractivity contribution in [2.45, 2.75) is 39.5 Å². The number of hydrogen-bond acceptors (Lipinski definition) is 3. The fraction of sp³-hybridized carbons (Fsp3) is 0.667. The summed E-state index contributed by atoms with van der Waals surface area (Å²) in [5, 5.41) is 0. The first kappa shape index (κ1) is 15.0. The zero-order valence-electron chi connectivity index (χ0n) is 10.7. The van der Waals surface area contributed by atoms with Gasteiger partial charge in [-0.2, -0.15) is 13.2 Å². The van der Waals surface area contributed by atoms with Gasteiger partial charge in [0.05, 0.1) is 13.1 Å². The van der Waals surface area contributed by atoms with Gasteiger partial charge in [-0.05, 0) is 26.0 Å².